The van der Waals surface area contributed by atoms with Crippen molar-refractivity contribution in [1.82, 2.24) is 14.9 Å². The quantitative estimate of drug-likeness (QED) is 0.394. The van der Waals surface area contributed by atoms with Crippen molar-refractivity contribution in [2.75, 3.05) is 24.2 Å². The molecule has 0 atom stereocenters. The summed E-state index contributed by atoms with van der Waals surface area (Å²) in [6.45, 7) is -0.288. The van der Waals surface area contributed by atoms with Gasteiger partial charge in [-0.15, -0.1) is 0 Å². The Morgan fingerprint density at radius 2 is 1.65 bits per heavy atom. The van der Waals surface area contributed by atoms with Crippen molar-refractivity contribution in [3.63, 3.8) is 0 Å². The summed E-state index contributed by atoms with van der Waals surface area (Å²) in [5.41, 5.74) is -1.05. The van der Waals surface area contributed by atoms with Crippen LogP contribution in [0, 0.1) is 0 Å². The van der Waals surface area contributed by atoms with Crippen molar-refractivity contribution < 1.29 is 18.0 Å². The van der Waals surface area contributed by atoms with E-state index in [2.05, 4.69) is 20.9 Å². The Balaban J connectivity index is 2.03. The molecule has 34 heavy (non-hydrogen) atoms. The van der Waals surface area contributed by atoms with Crippen molar-refractivity contribution in [2.45, 2.75) is 6.18 Å². The number of fused-ring (bicyclic) bond motifs is 1. The lowest BCUT2D eigenvalue weighted by molar-refractivity contribution is -0.136. The van der Waals surface area contributed by atoms with Crippen molar-refractivity contribution >= 4 is 34.3 Å². The number of amides is 1. The molecule has 4 aromatic rings. The molecule has 0 fully saturated rings. The van der Waals surface area contributed by atoms with Crippen LogP contribution in [0.2, 0.25) is 0 Å². The maximum atomic E-state index is 14.0. The van der Waals surface area contributed by atoms with Crippen LogP contribution in [0.4, 0.5) is 30.5 Å². The lowest BCUT2D eigenvalue weighted by Crippen LogP contribution is -2.27. The molecule has 2 aromatic carbocycles. The Bertz CT molecular complexity index is 1390. The van der Waals surface area contributed by atoms with Gasteiger partial charge in [-0.1, -0.05) is 36.4 Å². The van der Waals surface area contributed by atoms with Crippen LogP contribution in [0.15, 0.2) is 77.6 Å². The Morgan fingerprint density at radius 3 is 2.26 bits per heavy atom. The molecule has 3 N–H and O–H groups in total. The number of para-hydroxylation sites is 2. The predicted molar refractivity (Wildman–Crippen MR) is 125 cm³/mol. The number of rotatable bonds is 6. The van der Waals surface area contributed by atoms with Crippen molar-refractivity contribution in [3.8, 4) is 5.69 Å². The van der Waals surface area contributed by atoms with Gasteiger partial charge in [0.25, 0.3) is 0 Å². The summed E-state index contributed by atoms with van der Waals surface area (Å²) in [7, 11) is 1.41. The van der Waals surface area contributed by atoms with Crippen molar-refractivity contribution in [1.29, 1.82) is 0 Å². The van der Waals surface area contributed by atoms with Gasteiger partial charge in [0.05, 0.1) is 17.5 Å². The first-order valence-electron chi connectivity index (χ1n) is 10.3. The zero-order valence-corrected chi connectivity index (χ0v) is 18.0. The summed E-state index contributed by atoms with van der Waals surface area (Å²) in [6.07, 6.45) is -4.83. The highest BCUT2D eigenvalue weighted by atomic mass is 19.4. The molecule has 2 heterocycles. The predicted octanol–water partition coefficient (Wildman–Crippen LogP) is 4.31. The van der Waals surface area contributed by atoms with Crippen molar-refractivity contribution in [2.24, 2.45) is 0 Å². The normalized spacial score (nSPS) is 11.3. The van der Waals surface area contributed by atoms with Crippen molar-refractivity contribution in [3.05, 3.63) is 88.6 Å². The Kier molecular flexibility index (Phi) is 6.22. The van der Waals surface area contributed by atoms with Gasteiger partial charge in [0.15, 0.2) is 11.1 Å². The molecule has 4 rings (SSSR count). The maximum Gasteiger partial charge on any atom is 0.417 e. The summed E-state index contributed by atoms with van der Waals surface area (Å²) in [5, 5.41) is 7.52. The SMILES string of the molecule is CNC(=O)CNc1cc(C(F)(F)F)c2c(=O)cc(Nc3ccccc3)n(-c3ccccc3)c2n1. The molecular formula is C24H20F3N5O2. The number of nitrogens with one attached hydrogen (secondary N) is 3. The number of hydrogen-bond donors (Lipinski definition) is 3. The smallest absolute Gasteiger partial charge is 0.361 e. The molecule has 174 valence electrons. The first kappa shape index (κ1) is 22.8. The third-order valence-electron chi connectivity index (χ3n) is 5.04. The molecule has 0 unspecified atom stereocenters. The monoisotopic (exact) mass is 467 g/mol. The molecular weight excluding hydrogens is 447 g/mol. The largest absolute Gasteiger partial charge is 0.417 e. The summed E-state index contributed by atoms with van der Waals surface area (Å²) in [6, 6.07) is 19.4. The van der Waals surface area contributed by atoms with Gasteiger partial charge in [0.1, 0.15) is 11.6 Å². The molecule has 0 saturated heterocycles. The molecule has 0 saturated carbocycles. The fourth-order valence-corrected chi connectivity index (χ4v) is 3.48. The minimum absolute atomic E-state index is 0.190. The highest BCUT2D eigenvalue weighted by molar-refractivity contribution is 5.87. The van der Waals surface area contributed by atoms with Crippen LogP contribution in [-0.4, -0.2) is 29.1 Å². The van der Waals surface area contributed by atoms with Crippen LogP contribution in [0.1, 0.15) is 5.56 Å². The number of halogens is 3. The number of nitrogens with zero attached hydrogens (tertiary/aromatic N) is 2. The van der Waals surface area contributed by atoms with Crippen LogP contribution in [0.5, 0.6) is 0 Å². The maximum absolute atomic E-state index is 14.0. The standard InChI is InChI=1S/C24H20F3N5O2/c1-28-21(34)14-29-19-12-17(24(25,26)27)22-18(33)13-20(30-15-8-4-2-5-9-15)32(23(22)31-19)16-10-6-3-7-11-16/h2-13,30H,14H2,1H3,(H,28,34)(H,29,31). The van der Waals surface area contributed by atoms with E-state index in [1.165, 1.54) is 11.6 Å². The fraction of sp³-hybridized carbons (Fsp3) is 0.125. The van der Waals surface area contributed by atoms with Gasteiger partial charge in [-0.2, -0.15) is 13.2 Å². The van der Waals surface area contributed by atoms with E-state index < -0.39 is 28.5 Å². The molecule has 0 aliphatic heterocycles. The number of alkyl halides is 3. The molecule has 0 radical (unpaired) electrons. The van der Waals surface area contributed by atoms with Crippen LogP contribution >= 0.6 is 0 Å². The first-order valence-corrected chi connectivity index (χ1v) is 10.3. The lowest BCUT2D eigenvalue weighted by Gasteiger charge is -2.20. The number of pyridine rings is 2. The second-order valence-electron chi connectivity index (χ2n) is 7.33. The van der Waals surface area contributed by atoms with Gasteiger partial charge in [0.2, 0.25) is 5.91 Å². The number of carbonyl (C=O) groups excluding carboxylic acids is 1. The van der Waals surface area contributed by atoms with Gasteiger partial charge in [0, 0.05) is 24.5 Å². The number of carbonyl (C=O) groups is 1. The minimum atomic E-state index is -4.83. The third kappa shape index (κ3) is 4.70. The molecule has 0 aliphatic carbocycles. The number of benzene rings is 2. The molecule has 0 aliphatic rings. The van der Waals surface area contributed by atoms with Gasteiger partial charge in [-0.25, -0.2) is 4.98 Å². The third-order valence-corrected chi connectivity index (χ3v) is 5.04. The summed E-state index contributed by atoms with van der Waals surface area (Å²) in [5.74, 6) is -0.390. The second-order valence-corrected chi connectivity index (χ2v) is 7.33. The van der Waals surface area contributed by atoms with Gasteiger partial charge >= 0.3 is 6.18 Å². The molecule has 0 spiro atoms. The molecule has 10 heteroatoms. The van der Waals surface area contributed by atoms with E-state index in [1.54, 1.807) is 54.6 Å². The Labute approximate surface area is 192 Å². The fourth-order valence-electron chi connectivity index (χ4n) is 3.48. The molecule has 0 bridgehead atoms. The summed E-state index contributed by atoms with van der Waals surface area (Å²) >= 11 is 0. The Hall–Kier alpha value is -4.34. The Morgan fingerprint density at radius 1 is 1.00 bits per heavy atom. The van der Waals surface area contributed by atoms with E-state index in [4.69, 9.17) is 0 Å². The molecule has 1 amide bonds. The average Bonchev–Trinajstić information content (AvgIpc) is 2.82. The number of likely N-dealkylation sites (N-methyl/N-ethyl adjacent to an activating group) is 1. The molecule has 2 aromatic heterocycles. The van der Waals surface area contributed by atoms with Crippen LogP contribution < -0.4 is 21.4 Å². The van der Waals surface area contributed by atoms with E-state index >= 15 is 0 Å². The van der Waals surface area contributed by atoms with E-state index in [1.807, 2.05) is 6.07 Å². The highest BCUT2D eigenvalue weighted by Crippen LogP contribution is 2.36. The number of aromatic nitrogens is 2. The average molecular weight is 467 g/mol. The zero-order chi connectivity index (χ0) is 24.3. The van der Waals surface area contributed by atoms with Crippen LogP contribution in [0.3, 0.4) is 0 Å². The first-order chi connectivity index (χ1) is 16.3. The van der Waals surface area contributed by atoms with E-state index in [9.17, 15) is 22.8 Å². The zero-order valence-electron chi connectivity index (χ0n) is 18.0. The van der Waals surface area contributed by atoms with E-state index in [0.29, 0.717) is 11.4 Å². The highest BCUT2D eigenvalue weighted by Gasteiger charge is 2.35. The lowest BCUT2D eigenvalue weighted by atomic mass is 10.1. The summed E-state index contributed by atoms with van der Waals surface area (Å²) < 4.78 is 43.5. The minimum Gasteiger partial charge on any atom is -0.361 e. The number of hydrogen-bond acceptors (Lipinski definition) is 5. The van der Waals surface area contributed by atoms with Gasteiger partial charge in [-0.05, 0) is 30.3 Å². The number of anilines is 3. The van der Waals surface area contributed by atoms with Gasteiger partial charge in [-0.3, -0.25) is 14.2 Å². The molecule has 7 nitrogen and oxygen atoms in total. The summed E-state index contributed by atoms with van der Waals surface area (Å²) in [4.78, 5) is 29.0. The topological polar surface area (TPSA) is 88.0 Å². The van der Waals surface area contributed by atoms with Gasteiger partial charge < -0.3 is 16.0 Å². The van der Waals surface area contributed by atoms with E-state index in [-0.39, 0.29) is 23.8 Å². The second kappa shape index (κ2) is 9.26. The van der Waals surface area contributed by atoms with Crippen LogP contribution in [-0.2, 0) is 11.0 Å². The van der Waals surface area contributed by atoms with Crippen LogP contribution in [0.25, 0.3) is 16.7 Å². The van der Waals surface area contributed by atoms with E-state index in [0.717, 1.165) is 12.1 Å².